The van der Waals surface area contributed by atoms with E-state index in [4.69, 9.17) is 0 Å². The van der Waals surface area contributed by atoms with Crippen molar-refractivity contribution in [2.45, 2.75) is 36.4 Å². The Kier molecular flexibility index (Phi) is 6.19. The fourth-order valence-electron chi connectivity index (χ4n) is 2.99. The Morgan fingerprint density at radius 1 is 1.29 bits per heavy atom. The van der Waals surface area contributed by atoms with E-state index in [2.05, 4.69) is 10.1 Å². The van der Waals surface area contributed by atoms with Gasteiger partial charge in [0.05, 0.1) is 12.7 Å². The topological polar surface area (TPSA) is 105 Å². The van der Waals surface area contributed by atoms with Crippen LogP contribution in [0.15, 0.2) is 45.8 Å². The monoisotopic (exact) mass is 466 g/mol. The predicted molar refractivity (Wildman–Crippen MR) is 114 cm³/mol. The van der Waals surface area contributed by atoms with E-state index < -0.39 is 21.7 Å². The molecule has 0 aliphatic heterocycles. The zero-order chi connectivity index (χ0) is 23.0. The highest BCUT2D eigenvalue weighted by atomic mass is 32.2. The number of aryl methyl sites for hydroxylation is 1. The first-order valence-electron chi connectivity index (χ1n) is 9.35. The lowest BCUT2D eigenvalue weighted by molar-refractivity contribution is 0.123. The number of amides is 1. The molecule has 0 saturated heterocycles. The molecule has 1 amide bonds. The van der Waals surface area contributed by atoms with Crippen molar-refractivity contribution >= 4 is 27.3 Å². The highest BCUT2D eigenvalue weighted by Crippen LogP contribution is 2.37. The van der Waals surface area contributed by atoms with Gasteiger partial charge in [0.2, 0.25) is 9.84 Å². The lowest BCUT2D eigenvalue weighted by atomic mass is 9.96. The Labute approximate surface area is 183 Å². The summed E-state index contributed by atoms with van der Waals surface area (Å²) in [5.41, 5.74) is -0.317. The van der Waals surface area contributed by atoms with Gasteiger partial charge in [0.25, 0.3) is 0 Å². The standard InChI is InChI=1S/C20H23FN4O4S2/c1-20(2,3)12-25(19(26)27)11-16-23-17(14-7-5-6-8-15(14)21)18(30-16)31(28,29)13-9-22-24(4)10-13/h5-10H,11-12H2,1-4H3,(H,26,27). The zero-order valence-corrected chi connectivity index (χ0v) is 19.2. The molecule has 0 fully saturated rings. The van der Waals surface area contributed by atoms with Crippen molar-refractivity contribution < 1.29 is 22.7 Å². The summed E-state index contributed by atoms with van der Waals surface area (Å²) in [6.07, 6.45) is 1.42. The lowest BCUT2D eigenvalue weighted by Gasteiger charge is -2.27. The van der Waals surface area contributed by atoms with Gasteiger partial charge in [0.15, 0.2) is 4.21 Å². The molecule has 0 atom stereocenters. The molecular formula is C20H23FN4O4S2. The smallest absolute Gasteiger partial charge is 0.407 e. The Morgan fingerprint density at radius 3 is 2.52 bits per heavy atom. The van der Waals surface area contributed by atoms with E-state index in [1.165, 1.54) is 40.2 Å². The number of sulfone groups is 1. The third-order valence-electron chi connectivity index (χ3n) is 4.27. The number of hydrogen-bond donors (Lipinski definition) is 1. The Morgan fingerprint density at radius 2 is 1.97 bits per heavy atom. The summed E-state index contributed by atoms with van der Waals surface area (Å²) in [6, 6.07) is 5.75. The van der Waals surface area contributed by atoms with Crippen molar-refractivity contribution in [3.8, 4) is 11.3 Å². The van der Waals surface area contributed by atoms with Crippen LogP contribution < -0.4 is 0 Å². The maximum Gasteiger partial charge on any atom is 0.407 e. The summed E-state index contributed by atoms with van der Waals surface area (Å²) in [6.45, 7) is 5.80. The predicted octanol–water partition coefficient (Wildman–Crippen LogP) is 4.04. The minimum Gasteiger partial charge on any atom is -0.465 e. The van der Waals surface area contributed by atoms with Crippen LogP contribution in [0.25, 0.3) is 11.3 Å². The minimum absolute atomic E-state index is 0.0326. The highest BCUT2D eigenvalue weighted by molar-refractivity contribution is 7.93. The van der Waals surface area contributed by atoms with Crippen molar-refractivity contribution in [2.75, 3.05) is 6.54 Å². The molecule has 2 aromatic heterocycles. The molecule has 3 aromatic rings. The summed E-state index contributed by atoms with van der Waals surface area (Å²) >= 11 is 0.838. The molecule has 0 radical (unpaired) electrons. The normalized spacial score (nSPS) is 12.2. The molecule has 0 aliphatic carbocycles. The molecule has 0 bridgehead atoms. The second-order valence-corrected chi connectivity index (χ2v) is 11.5. The van der Waals surface area contributed by atoms with Gasteiger partial charge < -0.3 is 10.0 Å². The fourth-order valence-corrected chi connectivity index (χ4v) is 5.93. The average Bonchev–Trinajstić information content (AvgIpc) is 3.27. The summed E-state index contributed by atoms with van der Waals surface area (Å²) < 4.78 is 42.3. The quantitative estimate of drug-likeness (QED) is 0.588. The fraction of sp³-hybridized carbons (Fsp3) is 0.350. The van der Waals surface area contributed by atoms with Crippen LogP contribution >= 0.6 is 11.3 Å². The van der Waals surface area contributed by atoms with Crippen LogP contribution in [-0.2, 0) is 23.4 Å². The number of carboxylic acid groups (broad SMARTS) is 1. The highest BCUT2D eigenvalue weighted by Gasteiger charge is 2.30. The van der Waals surface area contributed by atoms with E-state index >= 15 is 0 Å². The van der Waals surface area contributed by atoms with Crippen LogP contribution in [0.3, 0.4) is 0 Å². The number of thiazole rings is 1. The van der Waals surface area contributed by atoms with Gasteiger partial charge in [-0.05, 0) is 17.5 Å². The molecular weight excluding hydrogens is 443 g/mol. The van der Waals surface area contributed by atoms with Gasteiger partial charge in [0, 0.05) is 25.4 Å². The van der Waals surface area contributed by atoms with Gasteiger partial charge in [0.1, 0.15) is 21.4 Å². The van der Waals surface area contributed by atoms with Crippen molar-refractivity contribution in [1.82, 2.24) is 19.7 Å². The van der Waals surface area contributed by atoms with Gasteiger partial charge in [-0.15, -0.1) is 11.3 Å². The average molecular weight is 467 g/mol. The first-order valence-corrected chi connectivity index (χ1v) is 11.6. The SMILES string of the molecule is Cn1cc(S(=O)(=O)c2sc(CN(CC(C)(C)C)C(=O)O)nc2-c2ccccc2F)cn1. The molecule has 0 spiro atoms. The molecule has 31 heavy (non-hydrogen) atoms. The van der Waals surface area contributed by atoms with Crippen LogP contribution in [0.4, 0.5) is 9.18 Å². The van der Waals surface area contributed by atoms with Crippen LogP contribution in [0.1, 0.15) is 25.8 Å². The maximum atomic E-state index is 14.5. The number of hydrogen-bond acceptors (Lipinski definition) is 6. The van der Waals surface area contributed by atoms with Crippen molar-refractivity contribution in [3.63, 3.8) is 0 Å². The van der Waals surface area contributed by atoms with E-state index in [9.17, 15) is 22.7 Å². The van der Waals surface area contributed by atoms with Crippen LogP contribution in [0, 0.1) is 11.2 Å². The Balaban J connectivity index is 2.13. The number of nitrogens with zero attached hydrogens (tertiary/aromatic N) is 4. The molecule has 0 saturated carbocycles. The number of benzene rings is 1. The summed E-state index contributed by atoms with van der Waals surface area (Å²) in [7, 11) is -2.45. The summed E-state index contributed by atoms with van der Waals surface area (Å²) in [5, 5.41) is 13.8. The number of aromatic nitrogens is 3. The van der Waals surface area contributed by atoms with E-state index in [-0.39, 0.29) is 43.9 Å². The lowest BCUT2D eigenvalue weighted by Crippen LogP contribution is -2.36. The first kappa shape index (κ1) is 22.9. The zero-order valence-electron chi connectivity index (χ0n) is 17.5. The van der Waals surface area contributed by atoms with E-state index in [0.717, 1.165) is 11.3 Å². The maximum absolute atomic E-state index is 14.5. The van der Waals surface area contributed by atoms with Crippen molar-refractivity contribution in [3.05, 3.63) is 47.5 Å². The van der Waals surface area contributed by atoms with E-state index in [0.29, 0.717) is 0 Å². The van der Waals surface area contributed by atoms with E-state index in [1.54, 1.807) is 13.1 Å². The number of rotatable bonds is 6. The second-order valence-electron chi connectivity index (χ2n) is 8.28. The largest absolute Gasteiger partial charge is 0.465 e. The van der Waals surface area contributed by atoms with Gasteiger partial charge >= 0.3 is 6.09 Å². The minimum atomic E-state index is -4.04. The molecule has 166 valence electrons. The third-order valence-corrected chi connectivity index (χ3v) is 7.52. The molecule has 0 aliphatic rings. The van der Waals surface area contributed by atoms with Crippen LogP contribution in [0.2, 0.25) is 0 Å². The Bertz CT molecular complexity index is 1210. The number of halogens is 1. The second kappa shape index (κ2) is 8.39. The molecule has 2 heterocycles. The van der Waals surface area contributed by atoms with Crippen molar-refractivity contribution in [2.24, 2.45) is 12.5 Å². The molecule has 11 heteroatoms. The molecule has 1 N–H and O–H groups in total. The van der Waals surface area contributed by atoms with Gasteiger partial charge in [-0.1, -0.05) is 32.9 Å². The van der Waals surface area contributed by atoms with Gasteiger partial charge in [-0.2, -0.15) is 5.10 Å². The summed E-state index contributed by atoms with van der Waals surface area (Å²) in [4.78, 5) is 17.2. The van der Waals surface area contributed by atoms with Crippen LogP contribution in [-0.4, -0.2) is 45.8 Å². The Hall–Kier alpha value is -2.79. The summed E-state index contributed by atoms with van der Waals surface area (Å²) in [5.74, 6) is -0.619. The number of carbonyl (C=O) groups is 1. The third kappa shape index (κ3) is 5.10. The van der Waals surface area contributed by atoms with Crippen molar-refractivity contribution in [1.29, 1.82) is 0 Å². The molecule has 1 aromatic carbocycles. The molecule has 3 rings (SSSR count). The first-order chi connectivity index (χ1) is 14.4. The van der Waals surface area contributed by atoms with Crippen LogP contribution in [0.5, 0.6) is 0 Å². The molecule has 0 unspecified atom stereocenters. The van der Waals surface area contributed by atoms with Gasteiger partial charge in [-0.3, -0.25) is 4.68 Å². The van der Waals surface area contributed by atoms with E-state index in [1.807, 2.05) is 20.8 Å². The molecule has 8 nitrogen and oxygen atoms in total. The van der Waals surface area contributed by atoms with Gasteiger partial charge in [-0.25, -0.2) is 22.6 Å².